The number of hydrogen-bond acceptors (Lipinski definition) is 2. The maximum atomic E-state index is 12.4. The maximum absolute atomic E-state index is 12.4. The first kappa shape index (κ1) is 14.7. The van der Waals surface area contributed by atoms with Gasteiger partial charge in [-0.1, -0.05) is 18.7 Å². The van der Waals surface area contributed by atoms with Crippen molar-refractivity contribution >= 4 is 17.4 Å². The lowest BCUT2D eigenvalue weighted by molar-refractivity contribution is -0.0857. The number of rotatable bonds is 3. The quantitative estimate of drug-likeness (QED) is 0.653. The molecule has 0 spiro atoms. The molecule has 3 N–H and O–H groups in total. The molecule has 0 heterocycles. The van der Waals surface area contributed by atoms with E-state index in [1.807, 2.05) is 0 Å². The number of nitrogens with one attached hydrogen (secondary N) is 1. The highest BCUT2D eigenvalue weighted by molar-refractivity contribution is 6.03. The predicted molar refractivity (Wildman–Crippen MR) is 66.3 cm³/mol. The predicted octanol–water partition coefficient (Wildman–Crippen LogP) is 2.15. The fraction of sp³-hybridized carbons (Fsp3) is 0.167. The summed E-state index contributed by atoms with van der Waals surface area (Å²) in [6, 6.07) is 5.93. The highest BCUT2D eigenvalue weighted by Gasteiger charge is 2.34. The van der Waals surface area contributed by atoms with Crippen molar-refractivity contribution in [2.75, 3.05) is 7.05 Å². The SMILES string of the molecule is C=C(C(N)=Nc1ccccc1C(=O)NC)C(F)(F)F. The molecule has 0 unspecified atom stereocenters. The van der Waals surface area contributed by atoms with E-state index in [0.29, 0.717) is 0 Å². The number of nitrogens with zero attached hydrogens (tertiary/aromatic N) is 1. The fourth-order valence-electron chi connectivity index (χ4n) is 1.24. The minimum Gasteiger partial charge on any atom is -0.383 e. The molecule has 102 valence electrons. The molecular formula is C12H12F3N3O. The van der Waals surface area contributed by atoms with Gasteiger partial charge in [0.2, 0.25) is 0 Å². The molecule has 0 saturated carbocycles. The number of hydrogen-bond donors (Lipinski definition) is 2. The lowest BCUT2D eigenvalue weighted by Crippen LogP contribution is -2.25. The third-order valence-corrected chi connectivity index (χ3v) is 2.27. The summed E-state index contributed by atoms with van der Waals surface area (Å²) in [4.78, 5) is 15.1. The highest BCUT2D eigenvalue weighted by Crippen LogP contribution is 2.26. The maximum Gasteiger partial charge on any atom is 0.419 e. The van der Waals surface area contributed by atoms with Crippen molar-refractivity contribution in [1.82, 2.24) is 5.32 Å². The Balaban J connectivity index is 3.19. The van der Waals surface area contributed by atoms with Gasteiger partial charge in [0.15, 0.2) is 0 Å². The van der Waals surface area contributed by atoms with Gasteiger partial charge in [-0.25, -0.2) is 4.99 Å². The van der Waals surface area contributed by atoms with Gasteiger partial charge in [-0.2, -0.15) is 13.2 Å². The second kappa shape index (κ2) is 5.55. The minimum atomic E-state index is -4.66. The van der Waals surface area contributed by atoms with E-state index in [9.17, 15) is 18.0 Å². The van der Waals surface area contributed by atoms with E-state index >= 15 is 0 Å². The van der Waals surface area contributed by atoms with Gasteiger partial charge >= 0.3 is 6.18 Å². The number of benzene rings is 1. The molecule has 0 saturated heterocycles. The van der Waals surface area contributed by atoms with Crippen LogP contribution in [0, 0.1) is 0 Å². The lowest BCUT2D eigenvalue weighted by Gasteiger charge is -2.10. The third kappa shape index (κ3) is 3.57. The molecule has 7 heteroatoms. The molecule has 0 aromatic heterocycles. The van der Waals surface area contributed by atoms with E-state index in [0.717, 1.165) is 0 Å². The number of carbonyl (C=O) groups excluding carboxylic acids is 1. The molecule has 1 aromatic rings. The smallest absolute Gasteiger partial charge is 0.383 e. The summed E-state index contributed by atoms with van der Waals surface area (Å²) in [5.74, 6) is -1.24. The van der Waals surface area contributed by atoms with E-state index in [2.05, 4.69) is 16.9 Å². The van der Waals surface area contributed by atoms with Gasteiger partial charge in [0, 0.05) is 7.05 Å². The molecule has 1 rings (SSSR count). The van der Waals surface area contributed by atoms with Crippen molar-refractivity contribution in [1.29, 1.82) is 0 Å². The van der Waals surface area contributed by atoms with Crippen LogP contribution in [0.1, 0.15) is 10.4 Å². The van der Waals surface area contributed by atoms with E-state index in [1.54, 1.807) is 6.07 Å². The number of aliphatic imine (C=N–C) groups is 1. The van der Waals surface area contributed by atoms with E-state index in [-0.39, 0.29) is 11.3 Å². The first-order valence-corrected chi connectivity index (χ1v) is 5.19. The van der Waals surface area contributed by atoms with Gasteiger partial charge in [0.25, 0.3) is 5.91 Å². The highest BCUT2D eigenvalue weighted by atomic mass is 19.4. The monoisotopic (exact) mass is 271 g/mol. The number of nitrogens with two attached hydrogens (primary N) is 1. The summed E-state index contributed by atoms with van der Waals surface area (Å²) in [7, 11) is 1.40. The number of carbonyl (C=O) groups is 1. The Bertz CT molecular complexity index is 535. The van der Waals surface area contributed by atoms with Gasteiger partial charge in [-0.05, 0) is 12.1 Å². The van der Waals surface area contributed by atoms with Crippen LogP contribution in [0.5, 0.6) is 0 Å². The first-order chi connectivity index (χ1) is 8.77. The van der Waals surface area contributed by atoms with Crippen LogP contribution in [0.25, 0.3) is 0 Å². The fourth-order valence-corrected chi connectivity index (χ4v) is 1.24. The molecule has 1 amide bonds. The zero-order chi connectivity index (χ0) is 14.6. The normalized spacial score (nSPS) is 12.1. The van der Waals surface area contributed by atoms with Crippen LogP contribution in [0.4, 0.5) is 18.9 Å². The molecule has 0 bridgehead atoms. The van der Waals surface area contributed by atoms with Crippen LogP contribution < -0.4 is 11.1 Å². The summed E-state index contributed by atoms with van der Waals surface area (Å²) in [6.45, 7) is 2.84. The Kier molecular flexibility index (Phi) is 4.31. The van der Waals surface area contributed by atoms with Crippen molar-refractivity contribution in [3.63, 3.8) is 0 Å². The first-order valence-electron chi connectivity index (χ1n) is 5.19. The average Bonchev–Trinajstić information content (AvgIpc) is 2.36. The number of amides is 1. The van der Waals surface area contributed by atoms with Crippen LogP contribution in [0.2, 0.25) is 0 Å². The molecule has 1 aromatic carbocycles. The summed E-state index contributed by atoms with van der Waals surface area (Å²) >= 11 is 0. The Morgan fingerprint density at radius 2 is 1.95 bits per heavy atom. The van der Waals surface area contributed by atoms with Crippen molar-refractivity contribution < 1.29 is 18.0 Å². The zero-order valence-corrected chi connectivity index (χ0v) is 10.1. The second-order valence-electron chi connectivity index (χ2n) is 3.57. The topological polar surface area (TPSA) is 67.5 Å². The van der Waals surface area contributed by atoms with Crippen molar-refractivity contribution in [2.24, 2.45) is 10.7 Å². The van der Waals surface area contributed by atoms with E-state index < -0.39 is 23.5 Å². The standard InChI is InChI=1S/C12H12F3N3O/c1-7(12(13,14)15)10(16)18-9-6-4-3-5-8(9)11(19)17-2/h3-6H,1H2,2H3,(H2,16,18)(H,17,19). The summed E-state index contributed by atoms with van der Waals surface area (Å²) in [6.07, 6.45) is -4.66. The molecule has 0 atom stereocenters. The number of para-hydroxylation sites is 1. The summed E-state index contributed by atoms with van der Waals surface area (Å²) in [5.41, 5.74) is 4.17. The molecular weight excluding hydrogens is 259 g/mol. The van der Waals surface area contributed by atoms with Crippen molar-refractivity contribution in [3.05, 3.63) is 42.0 Å². The van der Waals surface area contributed by atoms with Crippen molar-refractivity contribution in [2.45, 2.75) is 6.18 Å². The molecule has 0 aliphatic carbocycles. The van der Waals surface area contributed by atoms with Crippen LogP contribution in [-0.2, 0) is 0 Å². The van der Waals surface area contributed by atoms with Gasteiger partial charge < -0.3 is 11.1 Å². The molecule has 19 heavy (non-hydrogen) atoms. The third-order valence-electron chi connectivity index (χ3n) is 2.27. The van der Waals surface area contributed by atoms with Gasteiger partial charge in [0.1, 0.15) is 5.84 Å². The Hall–Kier alpha value is -2.31. The average molecular weight is 271 g/mol. The lowest BCUT2D eigenvalue weighted by atomic mass is 10.1. The molecule has 0 aliphatic rings. The van der Waals surface area contributed by atoms with Crippen LogP contribution in [0.3, 0.4) is 0 Å². The summed E-state index contributed by atoms with van der Waals surface area (Å²) < 4.78 is 37.2. The Morgan fingerprint density at radius 1 is 1.37 bits per heavy atom. The molecule has 0 aliphatic heterocycles. The summed E-state index contributed by atoms with van der Waals surface area (Å²) in [5, 5.41) is 2.36. The van der Waals surface area contributed by atoms with Gasteiger partial charge in [-0.3, -0.25) is 4.79 Å². The second-order valence-corrected chi connectivity index (χ2v) is 3.57. The van der Waals surface area contributed by atoms with E-state index in [4.69, 9.17) is 5.73 Å². The van der Waals surface area contributed by atoms with E-state index in [1.165, 1.54) is 25.2 Å². The van der Waals surface area contributed by atoms with Crippen LogP contribution >= 0.6 is 0 Å². The number of amidine groups is 1. The van der Waals surface area contributed by atoms with Crippen LogP contribution in [0.15, 0.2) is 41.4 Å². The molecule has 0 fully saturated rings. The molecule has 0 radical (unpaired) electrons. The Morgan fingerprint density at radius 3 is 2.47 bits per heavy atom. The zero-order valence-electron chi connectivity index (χ0n) is 10.1. The largest absolute Gasteiger partial charge is 0.419 e. The van der Waals surface area contributed by atoms with Gasteiger partial charge in [0.05, 0.1) is 16.8 Å². The van der Waals surface area contributed by atoms with Gasteiger partial charge in [-0.15, -0.1) is 0 Å². The number of alkyl halides is 3. The minimum absolute atomic E-state index is 0.0461. The van der Waals surface area contributed by atoms with Crippen molar-refractivity contribution in [3.8, 4) is 0 Å². The van der Waals surface area contributed by atoms with Crippen LogP contribution in [-0.4, -0.2) is 25.0 Å². The molecule has 4 nitrogen and oxygen atoms in total. The Labute approximate surface area is 107 Å². The number of halogens is 3.